The first-order valence-corrected chi connectivity index (χ1v) is 9.02. The van der Waals surface area contributed by atoms with Crippen LogP contribution < -0.4 is 15.4 Å². The molecule has 8 nitrogen and oxygen atoms in total. The summed E-state index contributed by atoms with van der Waals surface area (Å²) in [6.45, 7) is 3.06. The molecule has 1 heterocycles. The number of nitrogens with zero attached hydrogens (tertiary/aromatic N) is 2. The monoisotopic (exact) mass is 406 g/mol. The van der Waals surface area contributed by atoms with E-state index in [-0.39, 0.29) is 35.2 Å². The van der Waals surface area contributed by atoms with E-state index in [9.17, 15) is 14.4 Å². The van der Waals surface area contributed by atoms with Gasteiger partial charge in [0.15, 0.2) is 0 Å². The highest BCUT2D eigenvalue weighted by Crippen LogP contribution is 2.17. The molecule has 0 aliphatic carbocycles. The lowest BCUT2D eigenvalue weighted by Crippen LogP contribution is -2.17. The van der Waals surface area contributed by atoms with Crippen molar-refractivity contribution < 1.29 is 19.1 Å². The maximum absolute atomic E-state index is 12.3. The third kappa shape index (κ3) is 7.16. The molecule has 0 saturated heterocycles. The Bertz CT molecular complexity index is 932. The zero-order chi connectivity index (χ0) is 21.9. The molecule has 0 atom stereocenters. The molecule has 8 heteroatoms. The fourth-order valence-corrected chi connectivity index (χ4v) is 2.19. The Hall–Kier alpha value is -4.07. The van der Waals surface area contributed by atoms with Gasteiger partial charge in [-0.3, -0.25) is 14.9 Å². The lowest BCUT2D eigenvalue weighted by Gasteiger charge is -2.09. The highest BCUT2D eigenvalue weighted by molar-refractivity contribution is 6.05. The minimum absolute atomic E-state index is 0.0292. The molecule has 3 rings (SSSR count). The summed E-state index contributed by atoms with van der Waals surface area (Å²) in [6.07, 6.45) is 0. The first-order chi connectivity index (χ1) is 14.4. The van der Waals surface area contributed by atoms with Gasteiger partial charge < -0.3 is 14.8 Å². The van der Waals surface area contributed by atoms with E-state index < -0.39 is 0 Å². The number of benzene rings is 2. The van der Waals surface area contributed by atoms with Crippen molar-refractivity contribution in [3.8, 4) is 5.88 Å². The first kappa shape index (κ1) is 22.2. The first-order valence-electron chi connectivity index (χ1n) is 9.02. The number of methoxy groups -OCH3 is 1. The van der Waals surface area contributed by atoms with Crippen LogP contribution in [-0.4, -0.2) is 34.7 Å². The summed E-state index contributed by atoms with van der Waals surface area (Å²) in [4.78, 5) is 42.2. The van der Waals surface area contributed by atoms with Crippen LogP contribution in [0.5, 0.6) is 5.88 Å². The molecule has 0 spiro atoms. The van der Waals surface area contributed by atoms with E-state index in [1.165, 1.54) is 27.0 Å². The Balaban J connectivity index is 0.000000735. The number of anilines is 2. The van der Waals surface area contributed by atoms with Crippen molar-refractivity contribution in [1.82, 2.24) is 9.97 Å². The average molecular weight is 406 g/mol. The maximum atomic E-state index is 12.3. The number of amides is 2. The Kier molecular flexibility index (Phi) is 8.19. The molecule has 0 bridgehead atoms. The van der Waals surface area contributed by atoms with Gasteiger partial charge in [-0.25, -0.2) is 0 Å². The normalized spacial score (nSPS) is 9.57. The predicted octanol–water partition coefficient (Wildman–Crippen LogP) is 3.59. The van der Waals surface area contributed by atoms with E-state index in [1.807, 2.05) is 12.1 Å². The predicted molar refractivity (Wildman–Crippen MR) is 114 cm³/mol. The molecule has 30 heavy (non-hydrogen) atoms. The summed E-state index contributed by atoms with van der Waals surface area (Å²) in [5, 5.41) is 5.26. The molecular formula is C22H22N4O4. The fraction of sp³-hybridized carbons (Fsp3) is 0.136. The highest BCUT2D eigenvalue weighted by Gasteiger charge is 2.12. The van der Waals surface area contributed by atoms with Crippen LogP contribution in [0.2, 0.25) is 0 Å². The molecule has 3 aromatic rings. The van der Waals surface area contributed by atoms with Crippen LogP contribution in [-0.2, 0) is 4.79 Å². The van der Waals surface area contributed by atoms with Gasteiger partial charge in [0.25, 0.3) is 11.8 Å². The summed E-state index contributed by atoms with van der Waals surface area (Å²) in [7, 11) is 1.44. The molecular weight excluding hydrogens is 384 g/mol. The Morgan fingerprint density at radius 1 is 0.767 bits per heavy atom. The van der Waals surface area contributed by atoms with E-state index in [2.05, 4.69) is 20.6 Å². The number of ketones is 1. The number of nitrogens with one attached hydrogen (secondary N) is 2. The minimum Gasteiger partial charge on any atom is -0.481 e. The second-order valence-corrected chi connectivity index (χ2v) is 6.17. The smallest absolute Gasteiger partial charge is 0.258 e. The highest BCUT2D eigenvalue weighted by atomic mass is 16.5. The maximum Gasteiger partial charge on any atom is 0.258 e. The standard InChI is InChI=1S/C19H16N4O3.C3H6O/c1-26-16-12-15(20-17(24)13-8-4-2-5-9-13)21-19(22-16)23-18(25)14-10-6-3-7-11-14;1-3(2)4/h2-12H,1H3,(H2,20,21,22,23,24,25);1-2H3. The van der Waals surface area contributed by atoms with E-state index in [1.54, 1.807) is 48.5 Å². The molecule has 0 aliphatic rings. The van der Waals surface area contributed by atoms with Crippen LogP contribution in [0.4, 0.5) is 11.8 Å². The van der Waals surface area contributed by atoms with Crippen LogP contribution in [0.25, 0.3) is 0 Å². The van der Waals surface area contributed by atoms with E-state index in [0.29, 0.717) is 11.1 Å². The third-order valence-electron chi connectivity index (χ3n) is 3.45. The van der Waals surface area contributed by atoms with Crippen molar-refractivity contribution >= 4 is 29.4 Å². The van der Waals surface area contributed by atoms with Gasteiger partial charge >= 0.3 is 0 Å². The molecule has 0 fully saturated rings. The number of ether oxygens (including phenoxy) is 1. The quantitative estimate of drug-likeness (QED) is 0.670. The molecule has 2 aromatic carbocycles. The Morgan fingerprint density at radius 2 is 1.23 bits per heavy atom. The molecule has 0 aliphatic heterocycles. The number of rotatable bonds is 5. The number of Topliss-reactive ketones (excluding diaryl/α,β-unsaturated/α-hetero) is 1. The Morgan fingerprint density at radius 3 is 1.70 bits per heavy atom. The Labute approximate surface area is 174 Å². The van der Waals surface area contributed by atoms with Crippen molar-refractivity contribution in [2.75, 3.05) is 17.7 Å². The zero-order valence-corrected chi connectivity index (χ0v) is 16.9. The van der Waals surface area contributed by atoms with Crippen molar-refractivity contribution in [2.24, 2.45) is 0 Å². The van der Waals surface area contributed by atoms with Crippen LogP contribution >= 0.6 is 0 Å². The average Bonchev–Trinajstić information content (AvgIpc) is 2.74. The minimum atomic E-state index is -0.362. The van der Waals surface area contributed by atoms with Gasteiger partial charge in [-0.1, -0.05) is 36.4 Å². The second-order valence-electron chi connectivity index (χ2n) is 6.17. The second kappa shape index (κ2) is 11.1. The topological polar surface area (TPSA) is 110 Å². The summed E-state index contributed by atoms with van der Waals surface area (Å²) in [5.74, 6) is -0.0618. The number of carbonyl (C=O) groups is 3. The van der Waals surface area contributed by atoms with Gasteiger partial charge in [0.2, 0.25) is 11.8 Å². The fourth-order valence-electron chi connectivity index (χ4n) is 2.19. The summed E-state index contributed by atoms with van der Waals surface area (Å²) in [5.41, 5.74) is 0.953. The molecule has 0 unspecified atom stereocenters. The third-order valence-corrected chi connectivity index (χ3v) is 3.45. The molecule has 2 N–H and O–H groups in total. The zero-order valence-electron chi connectivity index (χ0n) is 16.9. The lowest BCUT2D eigenvalue weighted by molar-refractivity contribution is -0.115. The summed E-state index contributed by atoms with van der Waals surface area (Å²) < 4.78 is 5.12. The van der Waals surface area contributed by atoms with E-state index in [0.717, 1.165) is 0 Å². The van der Waals surface area contributed by atoms with Gasteiger partial charge in [0.05, 0.1) is 7.11 Å². The number of aromatic nitrogens is 2. The molecule has 154 valence electrons. The molecule has 0 saturated carbocycles. The molecule has 0 radical (unpaired) electrons. The van der Waals surface area contributed by atoms with Gasteiger partial charge in [0.1, 0.15) is 11.6 Å². The van der Waals surface area contributed by atoms with Gasteiger partial charge in [-0.2, -0.15) is 9.97 Å². The van der Waals surface area contributed by atoms with Crippen molar-refractivity contribution in [2.45, 2.75) is 13.8 Å². The van der Waals surface area contributed by atoms with Crippen LogP contribution in [0, 0.1) is 0 Å². The van der Waals surface area contributed by atoms with Crippen molar-refractivity contribution in [1.29, 1.82) is 0 Å². The lowest BCUT2D eigenvalue weighted by atomic mass is 10.2. The SMILES string of the molecule is CC(C)=O.COc1cc(NC(=O)c2ccccc2)nc(NC(=O)c2ccccc2)n1. The number of hydrogen-bond donors (Lipinski definition) is 2. The number of carbonyl (C=O) groups excluding carboxylic acids is 3. The summed E-state index contributed by atoms with van der Waals surface area (Å²) in [6, 6.07) is 18.9. The van der Waals surface area contributed by atoms with E-state index >= 15 is 0 Å². The van der Waals surface area contributed by atoms with Gasteiger partial charge in [0, 0.05) is 17.2 Å². The van der Waals surface area contributed by atoms with Crippen LogP contribution in [0.15, 0.2) is 66.7 Å². The van der Waals surface area contributed by atoms with Crippen molar-refractivity contribution in [3.05, 3.63) is 77.9 Å². The van der Waals surface area contributed by atoms with Crippen LogP contribution in [0.3, 0.4) is 0 Å². The van der Waals surface area contributed by atoms with Crippen LogP contribution in [0.1, 0.15) is 34.6 Å². The van der Waals surface area contributed by atoms with Gasteiger partial charge in [-0.05, 0) is 38.1 Å². The molecule has 2 amide bonds. The summed E-state index contributed by atoms with van der Waals surface area (Å²) >= 11 is 0. The largest absolute Gasteiger partial charge is 0.481 e. The van der Waals surface area contributed by atoms with E-state index in [4.69, 9.17) is 4.74 Å². The van der Waals surface area contributed by atoms with Gasteiger partial charge in [-0.15, -0.1) is 0 Å². The molecule has 1 aromatic heterocycles. The number of hydrogen-bond acceptors (Lipinski definition) is 6. The van der Waals surface area contributed by atoms with Crippen molar-refractivity contribution in [3.63, 3.8) is 0 Å².